The summed E-state index contributed by atoms with van der Waals surface area (Å²) in [5.74, 6) is -0.371. The van der Waals surface area contributed by atoms with Crippen LogP contribution in [0, 0.1) is 0 Å². The van der Waals surface area contributed by atoms with Crippen molar-refractivity contribution < 1.29 is 27.8 Å². The molecule has 0 bridgehead atoms. The number of nitrogens with two attached hydrogens (primary N) is 1. The summed E-state index contributed by atoms with van der Waals surface area (Å²) >= 11 is 0. The van der Waals surface area contributed by atoms with Crippen LogP contribution in [0.25, 0.3) is 0 Å². The number of methoxy groups -OCH3 is 1. The van der Waals surface area contributed by atoms with Gasteiger partial charge in [0.25, 0.3) is 0 Å². The number of hydrogen-bond donors (Lipinski definition) is 1. The van der Waals surface area contributed by atoms with Crippen LogP contribution in [0.15, 0.2) is 18.2 Å². The van der Waals surface area contributed by atoms with Crippen molar-refractivity contribution in [2.45, 2.75) is 26.0 Å². The van der Waals surface area contributed by atoms with Gasteiger partial charge < -0.3 is 19.9 Å². The number of esters is 1. The zero-order chi connectivity index (χ0) is 15.1. The molecule has 1 aromatic rings. The Labute approximate surface area is 115 Å². The van der Waals surface area contributed by atoms with Crippen molar-refractivity contribution in [3.8, 4) is 11.5 Å². The summed E-state index contributed by atoms with van der Waals surface area (Å²) in [6.07, 6.45) is -0.0167. The Morgan fingerprint density at radius 2 is 2.05 bits per heavy atom. The zero-order valence-electron chi connectivity index (χ0n) is 11.3. The molecule has 2 N–H and O–H groups in total. The average Bonchev–Trinajstić information content (AvgIpc) is 2.40. The molecule has 0 aliphatic carbocycles. The van der Waals surface area contributed by atoms with E-state index in [0.717, 1.165) is 0 Å². The minimum atomic E-state index is -2.94. The van der Waals surface area contributed by atoms with Gasteiger partial charge in [0, 0.05) is 6.04 Å². The maximum Gasteiger partial charge on any atom is 0.387 e. The van der Waals surface area contributed by atoms with Crippen LogP contribution in [-0.4, -0.2) is 26.3 Å². The Morgan fingerprint density at radius 3 is 2.60 bits per heavy atom. The normalized spacial score (nSPS) is 12.1. The molecule has 1 rings (SSSR count). The number of benzene rings is 1. The molecule has 0 spiro atoms. The Hall–Kier alpha value is -1.89. The van der Waals surface area contributed by atoms with Crippen molar-refractivity contribution >= 4 is 5.97 Å². The Balaban J connectivity index is 2.93. The molecule has 0 heterocycles. The molecule has 5 nitrogen and oxygen atoms in total. The first-order chi connectivity index (χ1) is 9.47. The molecule has 0 aliphatic heterocycles. The summed E-state index contributed by atoms with van der Waals surface area (Å²) in [5.41, 5.74) is 6.41. The standard InChI is InChI=1S/C13H17F2NO4/c1-3-19-11-6-8(9(16)7-12(17)18-2)4-5-10(11)20-13(14)15/h4-6,9,13H,3,7,16H2,1-2H3/t9-/m0/s1. The highest BCUT2D eigenvalue weighted by Gasteiger charge is 2.16. The molecular weight excluding hydrogens is 272 g/mol. The van der Waals surface area contributed by atoms with Crippen LogP contribution in [0.4, 0.5) is 8.78 Å². The van der Waals surface area contributed by atoms with Gasteiger partial charge in [-0.05, 0) is 24.6 Å². The summed E-state index contributed by atoms with van der Waals surface area (Å²) in [7, 11) is 1.26. The molecule has 7 heteroatoms. The summed E-state index contributed by atoms with van der Waals surface area (Å²) < 4.78 is 38.6. The van der Waals surface area contributed by atoms with E-state index < -0.39 is 18.6 Å². The van der Waals surface area contributed by atoms with Gasteiger partial charge in [-0.2, -0.15) is 8.78 Å². The van der Waals surface area contributed by atoms with Crippen LogP contribution in [0.2, 0.25) is 0 Å². The third-order valence-corrected chi connectivity index (χ3v) is 2.53. The first kappa shape index (κ1) is 16.2. The summed E-state index contributed by atoms with van der Waals surface area (Å²) in [4.78, 5) is 11.2. The van der Waals surface area contributed by atoms with Crippen LogP contribution in [-0.2, 0) is 9.53 Å². The Morgan fingerprint density at radius 1 is 1.35 bits per heavy atom. The maximum absolute atomic E-state index is 12.3. The molecule has 112 valence electrons. The predicted octanol–water partition coefficient (Wildman–Crippen LogP) is 2.25. The quantitative estimate of drug-likeness (QED) is 0.779. The molecule has 0 aliphatic rings. The lowest BCUT2D eigenvalue weighted by Crippen LogP contribution is -2.16. The molecule has 0 radical (unpaired) electrons. The van der Waals surface area contributed by atoms with E-state index in [1.54, 1.807) is 6.92 Å². The van der Waals surface area contributed by atoms with E-state index in [4.69, 9.17) is 10.5 Å². The summed E-state index contributed by atoms with van der Waals surface area (Å²) in [6.45, 7) is -0.938. The van der Waals surface area contributed by atoms with E-state index >= 15 is 0 Å². The third kappa shape index (κ3) is 4.65. The lowest BCUT2D eigenvalue weighted by molar-refractivity contribution is -0.141. The van der Waals surface area contributed by atoms with Gasteiger partial charge in [-0.15, -0.1) is 0 Å². The SMILES string of the molecule is CCOc1cc([C@@H](N)CC(=O)OC)ccc1OC(F)F. The number of carbonyl (C=O) groups is 1. The average molecular weight is 289 g/mol. The fourth-order valence-electron chi connectivity index (χ4n) is 1.60. The van der Waals surface area contributed by atoms with Crippen molar-refractivity contribution in [3.63, 3.8) is 0 Å². The van der Waals surface area contributed by atoms with Crippen molar-refractivity contribution in [1.29, 1.82) is 0 Å². The van der Waals surface area contributed by atoms with Crippen LogP contribution in [0.3, 0.4) is 0 Å². The van der Waals surface area contributed by atoms with Gasteiger partial charge in [-0.3, -0.25) is 4.79 Å². The van der Waals surface area contributed by atoms with Crippen LogP contribution in [0.5, 0.6) is 11.5 Å². The molecule has 1 atom stereocenters. The minimum Gasteiger partial charge on any atom is -0.490 e. The van der Waals surface area contributed by atoms with Crippen molar-refractivity contribution in [1.82, 2.24) is 0 Å². The fourth-order valence-corrected chi connectivity index (χ4v) is 1.60. The molecule has 0 amide bonds. The number of alkyl halides is 2. The van der Waals surface area contributed by atoms with E-state index in [0.29, 0.717) is 5.56 Å². The summed E-state index contributed by atoms with van der Waals surface area (Å²) in [5, 5.41) is 0. The Kier molecular flexibility index (Phi) is 6.17. The molecular formula is C13H17F2NO4. The molecule has 0 fully saturated rings. The van der Waals surface area contributed by atoms with Crippen LogP contribution < -0.4 is 15.2 Å². The van der Waals surface area contributed by atoms with Crippen molar-refractivity contribution in [3.05, 3.63) is 23.8 Å². The molecule has 0 saturated heterocycles. The van der Waals surface area contributed by atoms with Gasteiger partial charge in [0.1, 0.15) is 0 Å². The highest BCUT2D eigenvalue weighted by molar-refractivity contribution is 5.70. The zero-order valence-corrected chi connectivity index (χ0v) is 11.3. The minimum absolute atomic E-state index is 0.0167. The van der Waals surface area contributed by atoms with Gasteiger partial charge in [-0.1, -0.05) is 6.07 Å². The van der Waals surface area contributed by atoms with E-state index in [1.807, 2.05) is 0 Å². The van der Waals surface area contributed by atoms with Gasteiger partial charge in [0.05, 0.1) is 20.1 Å². The number of ether oxygens (including phenoxy) is 3. The number of hydrogen-bond acceptors (Lipinski definition) is 5. The molecule has 0 saturated carbocycles. The van der Waals surface area contributed by atoms with Crippen LogP contribution in [0.1, 0.15) is 24.9 Å². The molecule has 0 aromatic heterocycles. The van der Waals surface area contributed by atoms with Gasteiger partial charge >= 0.3 is 12.6 Å². The second-order valence-corrected chi connectivity index (χ2v) is 3.90. The van der Waals surface area contributed by atoms with Crippen molar-refractivity contribution in [2.24, 2.45) is 5.73 Å². The summed E-state index contributed by atoms with van der Waals surface area (Å²) in [6, 6.07) is 3.72. The maximum atomic E-state index is 12.3. The van der Waals surface area contributed by atoms with Gasteiger partial charge in [-0.25, -0.2) is 0 Å². The van der Waals surface area contributed by atoms with E-state index in [9.17, 15) is 13.6 Å². The van der Waals surface area contributed by atoms with E-state index in [2.05, 4.69) is 9.47 Å². The Bertz CT molecular complexity index is 454. The lowest BCUT2D eigenvalue weighted by atomic mass is 10.0. The smallest absolute Gasteiger partial charge is 0.387 e. The number of rotatable bonds is 7. The van der Waals surface area contributed by atoms with E-state index in [1.165, 1.54) is 25.3 Å². The first-order valence-electron chi connectivity index (χ1n) is 6.01. The van der Waals surface area contributed by atoms with Crippen LogP contribution >= 0.6 is 0 Å². The predicted molar refractivity (Wildman–Crippen MR) is 67.8 cm³/mol. The monoisotopic (exact) mass is 289 g/mol. The second-order valence-electron chi connectivity index (χ2n) is 3.90. The van der Waals surface area contributed by atoms with Crippen molar-refractivity contribution in [2.75, 3.05) is 13.7 Å². The van der Waals surface area contributed by atoms with E-state index in [-0.39, 0.29) is 24.5 Å². The highest BCUT2D eigenvalue weighted by atomic mass is 19.3. The van der Waals surface area contributed by atoms with Gasteiger partial charge in [0.15, 0.2) is 11.5 Å². The topological polar surface area (TPSA) is 70.8 Å². The van der Waals surface area contributed by atoms with Gasteiger partial charge in [0.2, 0.25) is 0 Å². The number of carbonyl (C=O) groups excluding carboxylic acids is 1. The third-order valence-electron chi connectivity index (χ3n) is 2.53. The second kappa shape index (κ2) is 7.64. The first-order valence-corrected chi connectivity index (χ1v) is 6.01. The number of halogens is 2. The highest BCUT2D eigenvalue weighted by Crippen LogP contribution is 2.32. The largest absolute Gasteiger partial charge is 0.490 e. The molecule has 20 heavy (non-hydrogen) atoms. The molecule has 0 unspecified atom stereocenters. The lowest BCUT2D eigenvalue weighted by Gasteiger charge is -2.15. The molecule has 1 aromatic carbocycles. The fraction of sp³-hybridized carbons (Fsp3) is 0.462.